The van der Waals surface area contributed by atoms with E-state index >= 15 is 0 Å². The summed E-state index contributed by atoms with van der Waals surface area (Å²) >= 11 is 0. The van der Waals surface area contributed by atoms with Crippen LogP contribution < -0.4 is 0 Å². The van der Waals surface area contributed by atoms with Gasteiger partial charge in [0.15, 0.2) is 0 Å². The van der Waals surface area contributed by atoms with Crippen molar-refractivity contribution >= 4 is 43.6 Å². The molecule has 0 aliphatic heterocycles. The molecule has 3 aromatic heterocycles. The number of rotatable bonds is 2. The fourth-order valence-electron chi connectivity index (χ4n) is 5.27. The molecule has 7 aromatic rings. The summed E-state index contributed by atoms with van der Waals surface area (Å²) in [6.07, 6.45) is 0. The minimum atomic E-state index is 0.651. The molecule has 0 atom stereocenters. The number of para-hydroxylation sites is 3. The number of hydrogen-bond donors (Lipinski definition) is 0. The van der Waals surface area contributed by atoms with Gasteiger partial charge in [-0.1, -0.05) is 60.7 Å². The number of benzene rings is 4. The molecule has 162 valence electrons. The van der Waals surface area contributed by atoms with Gasteiger partial charge >= 0.3 is 0 Å². The number of nitrogens with zero attached hydrogens (tertiary/aromatic N) is 5. The predicted molar refractivity (Wildman–Crippen MR) is 138 cm³/mol. The van der Waals surface area contributed by atoms with Crippen molar-refractivity contribution in [1.29, 1.82) is 0 Å². The molecule has 0 bridgehead atoms. The molecule has 7 rings (SSSR count). The molecule has 0 unspecified atom stereocenters. The molecule has 5 nitrogen and oxygen atoms in total. The highest BCUT2D eigenvalue weighted by atomic mass is 15.2. The zero-order valence-electron chi connectivity index (χ0n) is 18.9. The maximum absolute atomic E-state index is 4.71. The average molecular weight is 440 g/mol. The van der Waals surface area contributed by atoms with Gasteiger partial charge in [0.2, 0.25) is 5.95 Å². The van der Waals surface area contributed by atoms with Gasteiger partial charge < -0.3 is 4.57 Å². The van der Waals surface area contributed by atoms with E-state index in [2.05, 4.69) is 105 Å². The Balaban J connectivity index is 1.75. The van der Waals surface area contributed by atoms with Gasteiger partial charge in [-0.15, -0.1) is 0 Å². The van der Waals surface area contributed by atoms with Crippen LogP contribution in [0.25, 0.3) is 55.2 Å². The first-order chi connectivity index (χ1) is 16.7. The fourth-order valence-corrected chi connectivity index (χ4v) is 5.27. The van der Waals surface area contributed by atoms with Crippen LogP contribution in [0.5, 0.6) is 0 Å². The maximum atomic E-state index is 4.71. The molecular weight excluding hydrogens is 418 g/mol. The minimum absolute atomic E-state index is 0.651. The molecular formula is C29H21N5. The van der Waals surface area contributed by atoms with Crippen molar-refractivity contribution in [3.05, 3.63) is 103 Å². The Morgan fingerprint density at radius 2 is 1.12 bits per heavy atom. The third-order valence-corrected chi connectivity index (χ3v) is 6.53. The topological polar surface area (TPSA) is 48.5 Å². The van der Waals surface area contributed by atoms with Gasteiger partial charge in [-0.3, -0.25) is 4.57 Å². The van der Waals surface area contributed by atoms with E-state index in [0.29, 0.717) is 17.6 Å². The highest BCUT2D eigenvalue weighted by Crippen LogP contribution is 2.41. The van der Waals surface area contributed by atoms with Crippen LogP contribution in [0.2, 0.25) is 0 Å². The van der Waals surface area contributed by atoms with Crippen LogP contribution in [0.1, 0.15) is 11.6 Å². The highest BCUT2D eigenvalue weighted by molar-refractivity contribution is 6.26. The third kappa shape index (κ3) is 2.58. The predicted octanol–water partition coefficient (Wildman–Crippen LogP) is 6.68. The fraction of sp³-hybridized carbons (Fsp3) is 0.0690. The van der Waals surface area contributed by atoms with Crippen molar-refractivity contribution in [2.45, 2.75) is 13.8 Å². The molecule has 0 saturated heterocycles. The smallest absolute Gasteiger partial charge is 0.238 e. The lowest BCUT2D eigenvalue weighted by Crippen LogP contribution is -2.06. The van der Waals surface area contributed by atoms with Crippen molar-refractivity contribution in [2.24, 2.45) is 0 Å². The Morgan fingerprint density at radius 3 is 1.85 bits per heavy atom. The quantitative estimate of drug-likeness (QED) is 0.302. The minimum Gasteiger partial charge on any atom is -0.309 e. The van der Waals surface area contributed by atoms with Gasteiger partial charge in [0.1, 0.15) is 11.6 Å². The van der Waals surface area contributed by atoms with E-state index in [9.17, 15) is 0 Å². The Labute approximate surface area is 195 Å². The second kappa shape index (κ2) is 6.99. The summed E-state index contributed by atoms with van der Waals surface area (Å²) < 4.78 is 4.55. The van der Waals surface area contributed by atoms with Crippen LogP contribution in [-0.4, -0.2) is 24.1 Å². The van der Waals surface area contributed by atoms with Crippen LogP contribution in [0.3, 0.4) is 0 Å². The van der Waals surface area contributed by atoms with E-state index < -0.39 is 0 Å². The first kappa shape index (κ1) is 19.0. The second-order valence-electron chi connectivity index (χ2n) is 8.63. The number of fused-ring (bicyclic) bond motifs is 7. The molecule has 4 aromatic carbocycles. The lowest BCUT2D eigenvalue weighted by molar-refractivity contribution is 0.864. The molecule has 0 N–H and O–H groups in total. The highest BCUT2D eigenvalue weighted by Gasteiger charge is 2.21. The molecule has 34 heavy (non-hydrogen) atoms. The largest absolute Gasteiger partial charge is 0.309 e. The third-order valence-electron chi connectivity index (χ3n) is 6.53. The van der Waals surface area contributed by atoms with Crippen LogP contribution in [0.4, 0.5) is 0 Å². The van der Waals surface area contributed by atoms with E-state index in [0.717, 1.165) is 16.7 Å². The van der Waals surface area contributed by atoms with Gasteiger partial charge in [-0.2, -0.15) is 9.97 Å². The molecule has 0 saturated carbocycles. The van der Waals surface area contributed by atoms with E-state index in [1.165, 1.54) is 32.6 Å². The van der Waals surface area contributed by atoms with Crippen molar-refractivity contribution in [3.63, 3.8) is 0 Å². The zero-order valence-corrected chi connectivity index (χ0v) is 18.9. The average Bonchev–Trinajstić information content (AvgIpc) is 3.37. The zero-order chi connectivity index (χ0) is 22.8. The number of aromatic nitrogens is 5. The van der Waals surface area contributed by atoms with E-state index in [1.54, 1.807) is 0 Å². The molecule has 0 spiro atoms. The standard InChI is InChI=1S/C29H21N5/c1-18-30-19(2)32-29(31-18)34-25-15-9-7-13-23(25)27-26(34)17-16-22-21-12-6-8-14-24(21)33(28(22)27)20-10-4-3-5-11-20/h3-17H,1-2H3. The van der Waals surface area contributed by atoms with Crippen LogP contribution in [0, 0.1) is 13.8 Å². The van der Waals surface area contributed by atoms with E-state index in [-0.39, 0.29) is 0 Å². The van der Waals surface area contributed by atoms with E-state index in [1.807, 2.05) is 13.8 Å². The van der Waals surface area contributed by atoms with Crippen molar-refractivity contribution < 1.29 is 0 Å². The normalized spacial score (nSPS) is 11.8. The first-order valence-electron chi connectivity index (χ1n) is 11.4. The summed E-state index contributed by atoms with van der Waals surface area (Å²) in [4.78, 5) is 13.8. The summed E-state index contributed by atoms with van der Waals surface area (Å²) in [6.45, 7) is 3.83. The van der Waals surface area contributed by atoms with Crippen LogP contribution >= 0.6 is 0 Å². The summed E-state index contributed by atoms with van der Waals surface area (Å²) in [5, 5.41) is 4.85. The van der Waals surface area contributed by atoms with E-state index in [4.69, 9.17) is 9.97 Å². The maximum Gasteiger partial charge on any atom is 0.238 e. The SMILES string of the molecule is Cc1nc(C)nc(-n2c3ccccc3c3c2ccc2c4ccccc4n(-c4ccccc4)c23)n1. The van der Waals surface area contributed by atoms with Gasteiger partial charge in [-0.05, 0) is 44.2 Å². The Kier molecular flexibility index (Phi) is 3.91. The molecule has 0 fully saturated rings. The Morgan fingerprint density at radius 1 is 0.500 bits per heavy atom. The molecule has 5 heteroatoms. The number of hydrogen-bond acceptors (Lipinski definition) is 3. The number of aryl methyl sites for hydroxylation is 2. The lowest BCUT2D eigenvalue weighted by Gasteiger charge is -2.09. The summed E-state index contributed by atoms with van der Waals surface area (Å²) in [6, 6.07) is 32.2. The summed E-state index contributed by atoms with van der Waals surface area (Å²) in [7, 11) is 0. The van der Waals surface area contributed by atoms with Crippen molar-refractivity contribution in [2.75, 3.05) is 0 Å². The Bertz CT molecular complexity index is 1860. The lowest BCUT2D eigenvalue weighted by atomic mass is 10.1. The van der Waals surface area contributed by atoms with Gasteiger partial charge in [-0.25, -0.2) is 4.98 Å². The van der Waals surface area contributed by atoms with Gasteiger partial charge in [0.25, 0.3) is 0 Å². The summed E-state index contributed by atoms with van der Waals surface area (Å²) in [5.41, 5.74) is 5.70. The monoisotopic (exact) mass is 439 g/mol. The summed E-state index contributed by atoms with van der Waals surface area (Å²) in [5.74, 6) is 2.08. The molecule has 0 aliphatic rings. The van der Waals surface area contributed by atoms with Gasteiger partial charge in [0.05, 0.1) is 22.1 Å². The molecule has 0 radical (unpaired) electrons. The Hall–Kier alpha value is -4.51. The molecule has 3 heterocycles. The molecule has 0 aliphatic carbocycles. The van der Waals surface area contributed by atoms with Crippen molar-refractivity contribution in [1.82, 2.24) is 24.1 Å². The van der Waals surface area contributed by atoms with Crippen LogP contribution in [-0.2, 0) is 0 Å². The molecule has 0 amide bonds. The first-order valence-corrected chi connectivity index (χ1v) is 11.4. The van der Waals surface area contributed by atoms with Gasteiger partial charge in [0, 0.05) is 27.2 Å². The second-order valence-corrected chi connectivity index (χ2v) is 8.63. The van der Waals surface area contributed by atoms with Crippen LogP contribution in [0.15, 0.2) is 91.0 Å². The van der Waals surface area contributed by atoms with Crippen molar-refractivity contribution in [3.8, 4) is 11.6 Å².